The highest BCUT2D eigenvalue weighted by Gasteiger charge is 2.32. The average Bonchev–Trinajstić information content (AvgIpc) is 1.34. The molecule has 7 aromatic carbocycles. The standard InChI is InChI=1S/C44H30N12O27S6/c45-17-1-4-23(28(10-17)85(69,70)71)48-53-35-31(88(78,79)80)13-22-27(84(66,67)68)14-26(33(46)32(22)39(35)58)51-50-25-6-3-20-21(40(25)89(81,82)83)12-30(87(75,76)77)34(38(20)57)52-47-18-2-5-24(29(11-18)86(72,73)74)49-54-36-37(44(64)65)55-56(41(36)59)19-8-15(42(60)61)7-16(9-19)43(62)63/h1-14,57-59H,45-46H2,(H,60,61)(H,62,63)(H,64,65)(H,66,67,68)(H,69,70,71)(H,72,73,74)(H,75,76,77)(H,78,79,80)(H,81,82,83). The highest BCUT2D eigenvalue weighted by Crippen LogP contribution is 2.50. The van der Waals surface area contributed by atoms with Gasteiger partial charge in [0.2, 0.25) is 11.6 Å². The Morgan fingerprint density at radius 2 is 0.876 bits per heavy atom. The summed E-state index contributed by atoms with van der Waals surface area (Å²) in [7, 11) is -33.4. The molecule has 0 unspecified atom stereocenters. The van der Waals surface area contributed by atoms with Gasteiger partial charge in [0.1, 0.15) is 63.5 Å². The molecule has 0 atom stereocenters. The molecule has 0 aliphatic rings. The maximum absolute atomic E-state index is 13.1. The molecule has 464 valence electrons. The third-order valence-corrected chi connectivity index (χ3v) is 17.1. The third-order valence-electron chi connectivity index (χ3n) is 11.8. The molecule has 0 saturated carbocycles. The lowest BCUT2D eigenvalue weighted by molar-refractivity contribution is 0.0678. The number of carbonyl (C=O) groups is 3. The first-order chi connectivity index (χ1) is 41.0. The van der Waals surface area contributed by atoms with Gasteiger partial charge >= 0.3 is 17.9 Å². The second-order valence-electron chi connectivity index (χ2n) is 17.5. The number of hydrogen-bond donors (Lipinski definition) is 14. The van der Waals surface area contributed by atoms with Crippen molar-refractivity contribution < 1.29 is 123 Å². The molecule has 1 aromatic heterocycles. The summed E-state index contributed by atoms with van der Waals surface area (Å²) in [5.41, 5.74) is -0.472. The summed E-state index contributed by atoms with van der Waals surface area (Å²) in [5.74, 6) is -9.39. The number of aromatic nitrogens is 2. The number of hydrogen-bond acceptors (Lipinski definition) is 29. The van der Waals surface area contributed by atoms with Crippen molar-refractivity contribution in [1.82, 2.24) is 9.78 Å². The number of phenols is 2. The number of benzene rings is 7. The Bertz CT molecular complexity index is 5330. The minimum atomic E-state index is -5.79. The summed E-state index contributed by atoms with van der Waals surface area (Å²) in [4.78, 5) is 27.4. The molecule has 39 nitrogen and oxygen atoms in total. The van der Waals surface area contributed by atoms with Crippen molar-refractivity contribution in [3.05, 3.63) is 102 Å². The lowest BCUT2D eigenvalue weighted by Crippen LogP contribution is -2.07. The molecular weight excluding hydrogens is 1320 g/mol. The van der Waals surface area contributed by atoms with Crippen LogP contribution in [0.3, 0.4) is 0 Å². The van der Waals surface area contributed by atoms with Crippen LogP contribution in [0, 0.1) is 0 Å². The number of anilines is 2. The highest BCUT2D eigenvalue weighted by molar-refractivity contribution is 7.87. The predicted molar refractivity (Wildman–Crippen MR) is 295 cm³/mol. The van der Waals surface area contributed by atoms with Gasteiger partial charge in [0.05, 0.1) is 33.6 Å². The van der Waals surface area contributed by atoms with Crippen molar-refractivity contribution in [2.75, 3.05) is 11.5 Å². The van der Waals surface area contributed by atoms with Crippen LogP contribution in [0.2, 0.25) is 0 Å². The Hall–Kier alpha value is -10.5. The van der Waals surface area contributed by atoms with Gasteiger partial charge in [-0.3, -0.25) is 27.3 Å². The molecular formula is C44H30N12O27S6. The molecule has 0 radical (unpaired) electrons. The lowest BCUT2D eigenvalue weighted by atomic mass is 10.0. The summed E-state index contributed by atoms with van der Waals surface area (Å²) in [6, 6.07) is 9.02. The number of aromatic carboxylic acids is 3. The van der Waals surface area contributed by atoms with Gasteiger partial charge in [0.15, 0.2) is 17.2 Å². The van der Waals surface area contributed by atoms with E-state index < -0.39 is 221 Å². The summed E-state index contributed by atoms with van der Waals surface area (Å²) >= 11 is 0. The fraction of sp³-hybridized carbons (Fsp3) is 0. The van der Waals surface area contributed by atoms with Gasteiger partial charge in [0.25, 0.3) is 60.7 Å². The molecule has 0 saturated heterocycles. The van der Waals surface area contributed by atoms with E-state index in [1.165, 1.54) is 0 Å². The number of aromatic hydroxyl groups is 3. The summed E-state index contributed by atoms with van der Waals surface area (Å²) in [6.07, 6.45) is 0. The molecule has 8 aromatic rings. The van der Waals surface area contributed by atoms with Crippen LogP contribution in [-0.2, 0) is 60.7 Å². The van der Waals surface area contributed by atoms with Crippen molar-refractivity contribution in [3.8, 4) is 23.1 Å². The molecule has 0 aliphatic heterocycles. The maximum Gasteiger partial charge on any atom is 0.358 e. The zero-order chi connectivity index (χ0) is 66.2. The van der Waals surface area contributed by atoms with Crippen molar-refractivity contribution in [2.24, 2.45) is 40.9 Å². The van der Waals surface area contributed by atoms with Gasteiger partial charge < -0.3 is 42.1 Å². The van der Waals surface area contributed by atoms with E-state index >= 15 is 0 Å². The van der Waals surface area contributed by atoms with E-state index in [4.69, 9.17) is 11.5 Å². The van der Waals surface area contributed by atoms with Gasteiger partial charge in [0, 0.05) is 21.8 Å². The zero-order valence-electron chi connectivity index (χ0n) is 42.6. The fourth-order valence-electron chi connectivity index (χ4n) is 8.02. The van der Waals surface area contributed by atoms with E-state index in [1.807, 2.05) is 0 Å². The Kier molecular flexibility index (Phi) is 16.4. The van der Waals surface area contributed by atoms with Crippen molar-refractivity contribution in [1.29, 1.82) is 0 Å². The first-order valence-corrected chi connectivity index (χ1v) is 31.3. The fourth-order valence-corrected chi connectivity index (χ4v) is 12.1. The number of azo groups is 4. The van der Waals surface area contributed by atoms with Crippen molar-refractivity contribution in [2.45, 2.75) is 29.4 Å². The number of rotatable bonds is 18. The first-order valence-electron chi connectivity index (χ1n) is 22.7. The van der Waals surface area contributed by atoms with E-state index in [0.717, 1.165) is 42.5 Å². The number of nitrogens with zero attached hydrogens (tertiary/aromatic N) is 10. The van der Waals surface area contributed by atoms with Crippen LogP contribution in [0.25, 0.3) is 27.2 Å². The summed E-state index contributed by atoms with van der Waals surface area (Å²) < 4.78 is 214. The van der Waals surface area contributed by atoms with Gasteiger partial charge in [-0.1, -0.05) is 0 Å². The second-order valence-corrected chi connectivity index (χ2v) is 25.8. The average molecular weight is 1350 g/mol. The molecule has 0 spiro atoms. The van der Waals surface area contributed by atoms with Crippen molar-refractivity contribution >= 4 is 157 Å². The van der Waals surface area contributed by atoms with Gasteiger partial charge in [-0.2, -0.15) is 65.4 Å². The Labute approximate surface area is 493 Å². The summed E-state index contributed by atoms with van der Waals surface area (Å²) in [5, 5.41) is 90.8. The van der Waals surface area contributed by atoms with Crippen LogP contribution in [0.5, 0.6) is 17.4 Å². The molecule has 0 aliphatic carbocycles. The topological polar surface area (TPSA) is 668 Å². The minimum Gasteiger partial charge on any atom is -0.505 e. The van der Waals surface area contributed by atoms with Crippen LogP contribution >= 0.6 is 0 Å². The largest absolute Gasteiger partial charge is 0.505 e. The number of carboxylic acids is 3. The zero-order valence-corrected chi connectivity index (χ0v) is 47.5. The Balaban J connectivity index is 1.23. The van der Waals surface area contributed by atoms with Gasteiger partial charge in [-0.25, -0.2) is 14.4 Å². The van der Waals surface area contributed by atoms with E-state index in [9.17, 15) is 123 Å². The third kappa shape index (κ3) is 13.0. The number of phenolic OH excluding ortho intramolecular Hbond substituents is 2. The molecule has 16 N–H and O–H groups in total. The van der Waals surface area contributed by atoms with Crippen LogP contribution in [0.1, 0.15) is 31.2 Å². The molecule has 1 heterocycles. The lowest BCUT2D eigenvalue weighted by Gasteiger charge is -2.15. The van der Waals surface area contributed by atoms with E-state index in [0.29, 0.717) is 35.0 Å². The molecule has 0 amide bonds. The van der Waals surface area contributed by atoms with Crippen LogP contribution in [-0.4, -0.2) is 136 Å². The first kappa shape index (κ1) is 64.5. The smallest absolute Gasteiger partial charge is 0.358 e. The van der Waals surface area contributed by atoms with Crippen LogP contribution < -0.4 is 11.5 Å². The second kappa shape index (κ2) is 22.7. The maximum atomic E-state index is 13.1. The SMILES string of the molecule is Nc1ccc(N=Nc2c(S(=O)(=O)O)cc3c(S(=O)(=O)O)cc(N=Nc4ccc5c(O)c(N=Nc6ccc(N=Nc7c(C(=O)O)nn(-c8cc(C(=O)O)cc(C(=O)O)c8)c7O)c(S(=O)(=O)O)c6)c(S(=O)(=O)O)cc5c4S(=O)(=O)O)c(N)c3c2O)c(S(=O)(=O)O)c1. The summed E-state index contributed by atoms with van der Waals surface area (Å²) in [6.45, 7) is 0. The number of fused-ring (bicyclic) bond motifs is 2. The van der Waals surface area contributed by atoms with Crippen LogP contribution in [0.4, 0.5) is 56.9 Å². The van der Waals surface area contributed by atoms with Gasteiger partial charge in [-0.05, 0) is 84.9 Å². The van der Waals surface area contributed by atoms with E-state index in [1.54, 1.807) is 0 Å². The van der Waals surface area contributed by atoms with Crippen molar-refractivity contribution in [3.63, 3.8) is 0 Å². The van der Waals surface area contributed by atoms with Gasteiger partial charge in [-0.15, -0.1) is 35.8 Å². The monoisotopic (exact) mass is 1350 g/mol. The highest BCUT2D eigenvalue weighted by atomic mass is 32.2. The minimum absolute atomic E-state index is 0.251. The number of nitrogen functional groups attached to an aromatic ring is 2. The van der Waals surface area contributed by atoms with E-state index in [-0.39, 0.29) is 17.8 Å². The van der Waals surface area contributed by atoms with E-state index in [2.05, 4.69) is 46.0 Å². The predicted octanol–water partition coefficient (Wildman–Crippen LogP) is 6.70. The quantitative estimate of drug-likeness (QED) is 0.0241. The molecule has 8 rings (SSSR count). The number of nitrogens with two attached hydrogens (primary N) is 2. The molecule has 45 heteroatoms. The normalized spacial score (nSPS) is 13.0. The number of carboxylic acid groups (broad SMARTS) is 3. The Morgan fingerprint density at radius 1 is 0.416 bits per heavy atom. The Morgan fingerprint density at radius 3 is 1.39 bits per heavy atom. The molecule has 0 bridgehead atoms. The molecule has 89 heavy (non-hydrogen) atoms. The molecule has 0 fully saturated rings. The van der Waals surface area contributed by atoms with Crippen LogP contribution in [0.15, 0.2) is 155 Å².